The first kappa shape index (κ1) is 35.5. The van der Waals surface area contributed by atoms with Crippen molar-refractivity contribution in [3.63, 3.8) is 0 Å². The van der Waals surface area contributed by atoms with Gasteiger partial charge in [-0.2, -0.15) is 0 Å². The lowest BCUT2D eigenvalue weighted by molar-refractivity contribution is -0.144. The largest absolute Gasteiger partial charge is 0.391 e. The van der Waals surface area contributed by atoms with E-state index in [1.165, 1.54) is 4.90 Å². The number of rotatable bonds is 17. The van der Waals surface area contributed by atoms with Crippen LogP contribution in [0.4, 0.5) is 0 Å². The van der Waals surface area contributed by atoms with E-state index in [-0.39, 0.29) is 44.4 Å². The van der Waals surface area contributed by atoms with Gasteiger partial charge in [-0.3, -0.25) is 14.4 Å². The molecule has 0 radical (unpaired) electrons. The van der Waals surface area contributed by atoms with Gasteiger partial charge in [-0.25, -0.2) is 4.98 Å². The quantitative estimate of drug-likeness (QED) is 0.190. The Morgan fingerprint density at radius 2 is 1.70 bits per heavy atom. The lowest BCUT2D eigenvalue weighted by atomic mass is 9.85. The molecule has 1 aliphatic rings. The zero-order valence-corrected chi connectivity index (χ0v) is 27.0. The summed E-state index contributed by atoms with van der Waals surface area (Å²) in [6.07, 6.45) is -0.648. The lowest BCUT2D eigenvalue weighted by Crippen LogP contribution is -2.57. The highest BCUT2D eigenvalue weighted by atomic mass is 32.1. The van der Waals surface area contributed by atoms with Gasteiger partial charge >= 0.3 is 0 Å². The van der Waals surface area contributed by atoms with Crippen LogP contribution in [0.3, 0.4) is 0 Å². The molecule has 5 N–H and O–H groups in total. The molecular formula is C31H47N5O7S. The molecule has 3 rings (SSSR count). The number of aliphatic hydroxyl groups is 1. The molecule has 44 heavy (non-hydrogen) atoms. The number of aromatic nitrogens is 1. The van der Waals surface area contributed by atoms with E-state index in [0.29, 0.717) is 39.6 Å². The van der Waals surface area contributed by atoms with Gasteiger partial charge in [0.1, 0.15) is 12.1 Å². The van der Waals surface area contributed by atoms with E-state index in [0.717, 1.165) is 21.7 Å². The van der Waals surface area contributed by atoms with E-state index in [1.54, 1.807) is 11.3 Å². The maximum absolute atomic E-state index is 13.7. The highest BCUT2D eigenvalue weighted by Gasteiger charge is 2.44. The predicted molar refractivity (Wildman–Crippen MR) is 168 cm³/mol. The van der Waals surface area contributed by atoms with Crippen molar-refractivity contribution in [2.45, 2.75) is 65.3 Å². The van der Waals surface area contributed by atoms with Crippen LogP contribution in [0.5, 0.6) is 0 Å². The van der Waals surface area contributed by atoms with Gasteiger partial charge in [0.05, 0.1) is 61.8 Å². The predicted octanol–water partition coefficient (Wildman–Crippen LogP) is 1.63. The van der Waals surface area contributed by atoms with Crippen LogP contribution >= 0.6 is 11.3 Å². The highest BCUT2D eigenvalue weighted by Crippen LogP contribution is 2.28. The first-order valence-electron chi connectivity index (χ1n) is 15.0. The summed E-state index contributed by atoms with van der Waals surface area (Å²) in [5.41, 5.74) is 9.47. The molecule has 2 heterocycles. The summed E-state index contributed by atoms with van der Waals surface area (Å²) in [6, 6.07) is 6.14. The number of carbonyl (C=O) groups is 3. The molecule has 1 aromatic carbocycles. The zero-order chi connectivity index (χ0) is 32.1. The Hall–Kier alpha value is -2.94. The standard InChI is InChI=1S/C31H47N5O7S/c1-21-27(44-20-34-21)23-7-5-22(6-8-23)18-33-29(39)25-17-24(37)19-36(25)30(40)28(31(2,3)4)35-26(38)9-11-41-13-15-43-16-14-42-12-10-32/h5-8,20,24-25,28,37H,9-19,32H2,1-4H3,(H,33,39)(H,35,38)/t24-,25-,28?/m0/s1. The van der Waals surface area contributed by atoms with Crippen molar-refractivity contribution in [2.75, 3.05) is 52.7 Å². The number of aryl methyl sites for hydroxylation is 1. The molecule has 1 fully saturated rings. The molecule has 1 aromatic heterocycles. The minimum Gasteiger partial charge on any atom is -0.391 e. The Morgan fingerprint density at radius 1 is 1.07 bits per heavy atom. The SMILES string of the molecule is Cc1ncsc1-c1ccc(CNC(=O)[C@@H]2C[C@H](O)CN2C(=O)C(NC(=O)CCOCCOCCOCCN)C(C)(C)C)cc1. The van der Waals surface area contributed by atoms with Crippen LogP contribution in [0.2, 0.25) is 0 Å². The van der Waals surface area contributed by atoms with Gasteiger partial charge in [0.2, 0.25) is 17.7 Å². The Bertz CT molecular complexity index is 1200. The number of benzene rings is 1. The number of nitrogens with one attached hydrogen (secondary N) is 2. The van der Waals surface area contributed by atoms with E-state index < -0.39 is 29.5 Å². The van der Waals surface area contributed by atoms with Crippen LogP contribution in [-0.2, 0) is 35.1 Å². The molecular weight excluding hydrogens is 586 g/mol. The van der Waals surface area contributed by atoms with Gasteiger partial charge in [0.25, 0.3) is 0 Å². The number of ether oxygens (including phenoxy) is 3. The average molecular weight is 634 g/mol. The van der Waals surface area contributed by atoms with Gasteiger partial charge in [0, 0.05) is 32.5 Å². The summed E-state index contributed by atoms with van der Waals surface area (Å²) in [5.74, 6) is -1.09. The van der Waals surface area contributed by atoms with E-state index in [4.69, 9.17) is 19.9 Å². The third kappa shape index (κ3) is 10.9. The summed E-state index contributed by atoms with van der Waals surface area (Å²) >= 11 is 1.58. The summed E-state index contributed by atoms with van der Waals surface area (Å²) < 4.78 is 16.1. The molecule has 2 aromatic rings. The number of amides is 3. The number of nitrogens with zero attached hydrogens (tertiary/aromatic N) is 2. The maximum Gasteiger partial charge on any atom is 0.246 e. The van der Waals surface area contributed by atoms with Crippen molar-refractivity contribution in [1.29, 1.82) is 0 Å². The van der Waals surface area contributed by atoms with Crippen molar-refractivity contribution in [3.8, 4) is 10.4 Å². The highest BCUT2D eigenvalue weighted by molar-refractivity contribution is 7.13. The Labute approximate surface area is 263 Å². The van der Waals surface area contributed by atoms with Crippen LogP contribution in [0.15, 0.2) is 29.8 Å². The van der Waals surface area contributed by atoms with E-state index in [9.17, 15) is 19.5 Å². The number of nitrogens with two attached hydrogens (primary N) is 1. The number of β-amino-alcohol motifs (C(OH)–C–C–N with tert-alkyl or cyclic N) is 1. The number of carbonyl (C=O) groups excluding carboxylic acids is 3. The Balaban J connectivity index is 1.49. The Kier molecular flexibility index (Phi) is 14.2. The fourth-order valence-electron chi connectivity index (χ4n) is 4.80. The van der Waals surface area contributed by atoms with Gasteiger partial charge < -0.3 is 40.6 Å². The second-order valence-electron chi connectivity index (χ2n) is 11.8. The van der Waals surface area contributed by atoms with Crippen molar-refractivity contribution in [1.82, 2.24) is 20.5 Å². The van der Waals surface area contributed by atoms with Crippen molar-refractivity contribution < 1.29 is 33.7 Å². The summed E-state index contributed by atoms with van der Waals surface area (Å²) in [4.78, 5) is 46.5. The van der Waals surface area contributed by atoms with Gasteiger partial charge in [-0.05, 0) is 23.5 Å². The van der Waals surface area contributed by atoms with Crippen LogP contribution < -0.4 is 16.4 Å². The molecule has 13 heteroatoms. The topological polar surface area (TPSA) is 165 Å². The van der Waals surface area contributed by atoms with Gasteiger partial charge in [-0.15, -0.1) is 11.3 Å². The summed E-state index contributed by atoms with van der Waals surface area (Å²) in [5, 5.41) is 16.2. The molecule has 0 saturated carbocycles. The van der Waals surface area contributed by atoms with Crippen LogP contribution in [0.1, 0.15) is 44.9 Å². The minimum absolute atomic E-state index is 0.0165. The van der Waals surface area contributed by atoms with Crippen LogP contribution in [0, 0.1) is 12.3 Å². The first-order valence-corrected chi connectivity index (χ1v) is 15.9. The first-order chi connectivity index (χ1) is 21.0. The molecule has 1 unspecified atom stereocenters. The second kappa shape index (κ2) is 17.5. The number of thiazole rings is 1. The molecule has 12 nitrogen and oxygen atoms in total. The zero-order valence-electron chi connectivity index (χ0n) is 26.2. The number of likely N-dealkylation sites (tertiary alicyclic amines) is 1. The van der Waals surface area contributed by atoms with Crippen molar-refractivity contribution in [3.05, 3.63) is 41.0 Å². The molecule has 244 valence electrons. The normalized spacial score (nSPS) is 17.5. The van der Waals surface area contributed by atoms with Crippen molar-refractivity contribution >= 4 is 29.1 Å². The molecule has 1 saturated heterocycles. The average Bonchev–Trinajstić information content (AvgIpc) is 3.60. The maximum atomic E-state index is 13.7. The fourth-order valence-corrected chi connectivity index (χ4v) is 5.62. The molecule has 3 amide bonds. The monoisotopic (exact) mass is 633 g/mol. The second-order valence-corrected chi connectivity index (χ2v) is 12.7. The molecule has 0 aliphatic carbocycles. The Morgan fingerprint density at radius 3 is 2.30 bits per heavy atom. The molecule has 0 spiro atoms. The molecule has 0 bridgehead atoms. The molecule has 1 aliphatic heterocycles. The number of hydrogen-bond donors (Lipinski definition) is 4. The minimum atomic E-state index is -0.893. The number of hydrogen-bond acceptors (Lipinski definition) is 10. The summed E-state index contributed by atoms with van der Waals surface area (Å²) in [6.45, 7) is 10.5. The summed E-state index contributed by atoms with van der Waals surface area (Å²) in [7, 11) is 0. The van der Waals surface area contributed by atoms with E-state index in [1.807, 2.05) is 57.5 Å². The lowest BCUT2D eigenvalue weighted by Gasteiger charge is -2.35. The smallest absolute Gasteiger partial charge is 0.246 e. The van der Waals surface area contributed by atoms with Gasteiger partial charge in [0.15, 0.2) is 0 Å². The number of aliphatic hydroxyl groups excluding tert-OH is 1. The van der Waals surface area contributed by atoms with Crippen molar-refractivity contribution in [2.24, 2.45) is 11.1 Å². The van der Waals surface area contributed by atoms with Gasteiger partial charge in [-0.1, -0.05) is 45.0 Å². The van der Waals surface area contributed by atoms with Crippen LogP contribution in [0.25, 0.3) is 10.4 Å². The third-order valence-corrected chi connectivity index (χ3v) is 8.17. The third-order valence-electron chi connectivity index (χ3n) is 7.19. The van der Waals surface area contributed by atoms with E-state index >= 15 is 0 Å². The van der Waals surface area contributed by atoms with Crippen LogP contribution in [-0.4, -0.2) is 104 Å². The van der Waals surface area contributed by atoms with E-state index in [2.05, 4.69) is 15.6 Å². The fraction of sp³-hybridized carbons (Fsp3) is 0.613. The molecule has 3 atom stereocenters.